The molecule has 1 aromatic heterocycles. The van der Waals surface area contributed by atoms with E-state index in [0.717, 1.165) is 30.9 Å². The van der Waals surface area contributed by atoms with Gasteiger partial charge in [-0.15, -0.1) is 6.42 Å². The molecule has 1 aliphatic heterocycles. The predicted molar refractivity (Wildman–Crippen MR) is 106 cm³/mol. The van der Waals surface area contributed by atoms with Crippen molar-refractivity contribution in [3.8, 4) is 12.3 Å². The number of terminal acetylenes is 1. The van der Waals surface area contributed by atoms with Crippen molar-refractivity contribution in [2.24, 2.45) is 0 Å². The molecular weight excluding hydrogens is 378 g/mol. The number of carbonyl (C=O) groups is 1. The Morgan fingerprint density at radius 2 is 2.17 bits per heavy atom. The quantitative estimate of drug-likeness (QED) is 0.539. The maximum Gasteiger partial charge on any atom is 0.299 e. The third kappa shape index (κ3) is 4.29. The van der Waals surface area contributed by atoms with E-state index >= 15 is 0 Å². The predicted octanol–water partition coefficient (Wildman–Crippen LogP) is 3.73. The molecule has 1 aliphatic rings. The van der Waals surface area contributed by atoms with Gasteiger partial charge in [0, 0.05) is 30.3 Å². The molecule has 0 saturated carbocycles. The van der Waals surface area contributed by atoms with E-state index in [9.17, 15) is 13.6 Å². The summed E-state index contributed by atoms with van der Waals surface area (Å²) in [4.78, 5) is 17.4. The number of nitrogens with one attached hydrogen (secondary N) is 1. The maximum absolute atomic E-state index is 14.4. The second-order valence-corrected chi connectivity index (χ2v) is 7.27. The van der Waals surface area contributed by atoms with Crippen LogP contribution in [0.4, 0.5) is 8.78 Å². The first-order chi connectivity index (χ1) is 14.0. The Kier molecular flexibility index (Phi) is 6.88. The standard InChI is InChI=1S/C22H26F2N2O3/c1-4-6-7-15-12-17-16-10-14(23)11-18(24)21(16)25-22(17)19(13-29-9-8-28-3)26(15)20(27)5-2/h2,10-11,15,19,25H,4,6-9,12-13H2,1,3H3/t15-,19-/m0/s1. The van der Waals surface area contributed by atoms with Crippen molar-refractivity contribution in [3.63, 3.8) is 0 Å². The molecule has 1 amide bonds. The normalized spacial score (nSPS) is 18.7. The summed E-state index contributed by atoms with van der Waals surface area (Å²) in [6, 6.07) is 1.53. The number of carbonyl (C=O) groups excluding carboxylic acids is 1. The minimum absolute atomic E-state index is 0.160. The Balaban J connectivity index is 2.08. The van der Waals surface area contributed by atoms with E-state index in [4.69, 9.17) is 15.9 Å². The topological polar surface area (TPSA) is 54.6 Å². The minimum Gasteiger partial charge on any atom is -0.382 e. The average Bonchev–Trinajstić information content (AvgIpc) is 3.07. The molecule has 2 heterocycles. The number of H-pyrrole nitrogens is 1. The van der Waals surface area contributed by atoms with Crippen molar-refractivity contribution in [3.05, 3.63) is 35.0 Å². The number of unbranched alkanes of at least 4 members (excludes halogenated alkanes) is 1. The second-order valence-electron chi connectivity index (χ2n) is 7.27. The number of ether oxygens (including phenoxy) is 2. The maximum atomic E-state index is 14.4. The SMILES string of the molecule is C#CC(=O)N1[C@@H](CCCC)Cc2c([nH]c3c(F)cc(F)cc23)[C@@H]1COCCOC. The molecule has 29 heavy (non-hydrogen) atoms. The Labute approximate surface area is 169 Å². The fraction of sp³-hybridized carbons (Fsp3) is 0.500. The van der Waals surface area contributed by atoms with Gasteiger partial charge in [0.05, 0.1) is 31.4 Å². The van der Waals surface area contributed by atoms with Crippen LogP contribution in [0, 0.1) is 24.0 Å². The summed E-state index contributed by atoms with van der Waals surface area (Å²) >= 11 is 0. The number of nitrogens with zero attached hydrogens (tertiary/aromatic N) is 1. The first kappa shape index (κ1) is 21.3. The first-order valence-corrected chi connectivity index (χ1v) is 9.86. The molecule has 2 aromatic rings. The van der Waals surface area contributed by atoms with Crippen LogP contribution in [0.2, 0.25) is 0 Å². The van der Waals surface area contributed by atoms with Crippen LogP contribution >= 0.6 is 0 Å². The van der Waals surface area contributed by atoms with Gasteiger partial charge in [-0.3, -0.25) is 4.79 Å². The third-order valence-corrected chi connectivity index (χ3v) is 5.42. The smallest absolute Gasteiger partial charge is 0.299 e. The van der Waals surface area contributed by atoms with Gasteiger partial charge in [-0.1, -0.05) is 19.8 Å². The molecule has 0 fully saturated rings. The van der Waals surface area contributed by atoms with E-state index in [1.54, 1.807) is 12.0 Å². The van der Waals surface area contributed by atoms with Crippen LogP contribution in [0.5, 0.6) is 0 Å². The van der Waals surface area contributed by atoms with Crippen molar-refractivity contribution in [2.45, 2.75) is 44.7 Å². The van der Waals surface area contributed by atoms with Crippen LogP contribution < -0.4 is 0 Å². The molecule has 5 nitrogen and oxygen atoms in total. The zero-order valence-corrected chi connectivity index (χ0v) is 16.8. The van der Waals surface area contributed by atoms with E-state index in [1.807, 2.05) is 0 Å². The lowest BCUT2D eigenvalue weighted by atomic mass is 9.89. The summed E-state index contributed by atoms with van der Waals surface area (Å²) < 4.78 is 39.0. The van der Waals surface area contributed by atoms with Gasteiger partial charge in [0.1, 0.15) is 11.6 Å². The fourth-order valence-corrected chi connectivity index (χ4v) is 4.09. The molecule has 156 valence electrons. The van der Waals surface area contributed by atoms with Gasteiger partial charge in [-0.2, -0.15) is 0 Å². The van der Waals surface area contributed by atoms with Crippen LogP contribution in [0.15, 0.2) is 12.1 Å². The molecule has 7 heteroatoms. The molecule has 0 spiro atoms. The third-order valence-electron chi connectivity index (χ3n) is 5.42. The lowest BCUT2D eigenvalue weighted by molar-refractivity contribution is -0.133. The van der Waals surface area contributed by atoms with Crippen molar-refractivity contribution in [1.29, 1.82) is 0 Å². The number of aromatic amines is 1. The van der Waals surface area contributed by atoms with Gasteiger partial charge >= 0.3 is 0 Å². The number of fused-ring (bicyclic) bond motifs is 3. The van der Waals surface area contributed by atoms with Crippen LogP contribution in [0.25, 0.3) is 10.9 Å². The summed E-state index contributed by atoms with van der Waals surface area (Å²) in [5.41, 5.74) is 1.71. The highest BCUT2D eigenvalue weighted by molar-refractivity contribution is 5.94. The first-order valence-electron chi connectivity index (χ1n) is 9.86. The number of amides is 1. The fourth-order valence-electron chi connectivity index (χ4n) is 4.09. The Morgan fingerprint density at radius 1 is 1.38 bits per heavy atom. The summed E-state index contributed by atoms with van der Waals surface area (Å²) in [5, 5.41) is 0.508. The summed E-state index contributed by atoms with van der Waals surface area (Å²) in [6.07, 6.45) is 8.57. The van der Waals surface area contributed by atoms with Crippen molar-refractivity contribution in [2.75, 3.05) is 26.9 Å². The largest absolute Gasteiger partial charge is 0.382 e. The number of benzene rings is 1. The number of methoxy groups -OCH3 is 1. The molecule has 0 radical (unpaired) electrons. The van der Waals surface area contributed by atoms with Crippen molar-refractivity contribution < 1.29 is 23.0 Å². The Hall–Kier alpha value is -2.43. The molecule has 3 rings (SSSR count). The average molecular weight is 404 g/mol. The van der Waals surface area contributed by atoms with Crippen LogP contribution in [0.3, 0.4) is 0 Å². The summed E-state index contributed by atoms with van der Waals surface area (Å²) in [6.45, 7) is 3.02. The highest BCUT2D eigenvalue weighted by Crippen LogP contribution is 2.39. The van der Waals surface area contributed by atoms with Crippen LogP contribution in [-0.2, 0) is 20.7 Å². The van der Waals surface area contributed by atoms with Gasteiger partial charge in [0.2, 0.25) is 0 Å². The Bertz CT molecular complexity index is 919. The van der Waals surface area contributed by atoms with E-state index in [-0.39, 0.29) is 18.2 Å². The van der Waals surface area contributed by atoms with Gasteiger partial charge in [0.25, 0.3) is 5.91 Å². The minimum atomic E-state index is -0.659. The highest BCUT2D eigenvalue weighted by atomic mass is 19.1. The zero-order chi connectivity index (χ0) is 21.0. The number of aromatic nitrogens is 1. The summed E-state index contributed by atoms with van der Waals surface area (Å²) in [5.74, 6) is 0.501. The molecule has 2 atom stereocenters. The summed E-state index contributed by atoms with van der Waals surface area (Å²) in [7, 11) is 1.58. The second kappa shape index (κ2) is 9.38. The monoisotopic (exact) mass is 404 g/mol. The molecule has 0 unspecified atom stereocenters. The van der Waals surface area contributed by atoms with Crippen molar-refractivity contribution >= 4 is 16.8 Å². The van der Waals surface area contributed by atoms with Crippen molar-refractivity contribution in [1.82, 2.24) is 9.88 Å². The number of hydrogen-bond acceptors (Lipinski definition) is 3. The molecule has 0 bridgehead atoms. The Morgan fingerprint density at radius 3 is 2.86 bits per heavy atom. The highest BCUT2D eigenvalue weighted by Gasteiger charge is 2.39. The van der Waals surface area contributed by atoms with Crippen LogP contribution in [-0.4, -0.2) is 48.8 Å². The van der Waals surface area contributed by atoms with E-state index in [1.165, 1.54) is 6.07 Å². The van der Waals surface area contributed by atoms with E-state index in [2.05, 4.69) is 17.8 Å². The van der Waals surface area contributed by atoms with Gasteiger partial charge < -0.3 is 19.4 Å². The van der Waals surface area contributed by atoms with E-state index < -0.39 is 23.6 Å². The van der Waals surface area contributed by atoms with Gasteiger partial charge in [0.15, 0.2) is 0 Å². The molecular formula is C22H26F2N2O3. The number of hydrogen-bond donors (Lipinski definition) is 1. The van der Waals surface area contributed by atoms with E-state index in [0.29, 0.717) is 30.7 Å². The zero-order valence-electron chi connectivity index (χ0n) is 16.8. The van der Waals surface area contributed by atoms with Gasteiger partial charge in [-0.25, -0.2) is 8.78 Å². The molecule has 1 aromatic carbocycles. The lowest BCUT2D eigenvalue weighted by Gasteiger charge is -2.41. The van der Waals surface area contributed by atoms with Gasteiger partial charge in [-0.05, 0) is 30.4 Å². The molecule has 0 saturated heterocycles. The van der Waals surface area contributed by atoms with Crippen LogP contribution in [0.1, 0.15) is 43.5 Å². The molecule has 1 N–H and O–H groups in total. The lowest BCUT2D eigenvalue weighted by Crippen LogP contribution is -2.48. The number of rotatable bonds is 8. The number of halogens is 2. The molecule has 0 aliphatic carbocycles.